The summed E-state index contributed by atoms with van der Waals surface area (Å²) < 4.78 is 28.4. The summed E-state index contributed by atoms with van der Waals surface area (Å²) in [4.78, 5) is 10.6. The number of halogens is 2. The van der Waals surface area contributed by atoms with Gasteiger partial charge in [0.25, 0.3) is 5.91 Å². The van der Waals surface area contributed by atoms with Gasteiger partial charge >= 0.3 is 0 Å². The fraction of sp³-hybridized carbons (Fsp3) is 0.222. The van der Waals surface area contributed by atoms with Crippen molar-refractivity contribution in [2.24, 2.45) is 10.9 Å². The van der Waals surface area contributed by atoms with Crippen LogP contribution in [-0.4, -0.2) is 20.4 Å². The minimum Gasteiger partial charge on any atom is -0.478 e. The van der Waals surface area contributed by atoms with Gasteiger partial charge in [0.05, 0.1) is 5.02 Å². The number of carbonyl (C=O) groups is 1. The number of rotatable bonds is 4. The summed E-state index contributed by atoms with van der Waals surface area (Å²) in [5.74, 6) is -0.956. The van der Waals surface area contributed by atoms with Crippen LogP contribution in [0.5, 0.6) is 5.75 Å². The number of ether oxygens (including phenoxy) is 1. The molecule has 9 heteroatoms. The molecule has 100 valence electrons. The second-order valence-corrected chi connectivity index (χ2v) is 6.28. The molecule has 0 saturated carbocycles. The van der Waals surface area contributed by atoms with Crippen molar-refractivity contribution in [2.45, 2.75) is 17.9 Å². The standard InChI is InChI=1S/C9H10BrClN2O4S/c1-4(9(12)14)17-8-6(11)2-5(10)3-7(8)18(13,15)16/h2-4H,1H3,(H2,12,14)(H2,13,15,16). The molecule has 0 heterocycles. The van der Waals surface area contributed by atoms with E-state index in [2.05, 4.69) is 15.9 Å². The van der Waals surface area contributed by atoms with E-state index in [0.29, 0.717) is 4.47 Å². The number of hydrogen-bond donors (Lipinski definition) is 2. The average Bonchev–Trinajstić information content (AvgIpc) is 2.19. The lowest BCUT2D eigenvalue weighted by Gasteiger charge is -2.15. The fourth-order valence-corrected chi connectivity index (χ4v) is 2.87. The van der Waals surface area contributed by atoms with Crippen molar-refractivity contribution >= 4 is 43.5 Å². The van der Waals surface area contributed by atoms with E-state index in [4.69, 9.17) is 27.2 Å². The second kappa shape index (κ2) is 5.43. The van der Waals surface area contributed by atoms with Crippen LogP contribution in [0.1, 0.15) is 6.92 Å². The Bertz CT molecular complexity index is 590. The van der Waals surface area contributed by atoms with Gasteiger partial charge in [-0.3, -0.25) is 4.79 Å². The van der Waals surface area contributed by atoms with Gasteiger partial charge in [0, 0.05) is 4.47 Å². The molecule has 0 aliphatic heterocycles. The first-order valence-corrected chi connectivity index (χ1v) is 7.32. The highest BCUT2D eigenvalue weighted by Gasteiger charge is 2.22. The van der Waals surface area contributed by atoms with E-state index < -0.39 is 22.0 Å². The number of carbonyl (C=O) groups excluding carboxylic acids is 1. The normalized spacial score (nSPS) is 13.1. The maximum atomic E-state index is 11.4. The molecule has 0 fully saturated rings. The smallest absolute Gasteiger partial charge is 0.258 e. The summed E-state index contributed by atoms with van der Waals surface area (Å²) in [6, 6.07) is 2.64. The third-order valence-corrected chi connectivity index (χ3v) is 3.63. The molecule has 0 aliphatic carbocycles. The highest BCUT2D eigenvalue weighted by atomic mass is 79.9. The average molecular weight is 358 g/mol. The summed E-state index contributed by atoms with van der Waals surface area (Å²) in [5.41, 5.74) is 5.03. The summed E-state index contributed by atoms with van der Waals surface area (Å²) in [6.07, 6.45) is -1.04. The van der Waals surface area contributed by atoms with E-state index in [0.717, 1.165) is 0 Å². The van der Waals surface area contributed by atoms with Crippen LogP contribution in [0, 0.1) is 0 Å². The topological polar surface area (TPSA) is 112 Å². The van der Waals surface area contributed by atoms with Crippen molar-refractivity contribution in [2.75, 3.05) is 0 Å². The van der Waals surface area contributed by atoms with Crippen LogP contribution in [0.25, 0.3) is 0 Å². The van der Waals surface area contributed by atoms with Crippen LogP contribution in [0.3, 0.4) is 0 Å². The first kappa shape index (κ1) is 15.2. The Labute approximate surface area is 117 Å². The molecule has 18 heavy (non-hydrogen) atoms. The number of hydrogen-bond acceptors (Lipinski definition) is 4. The summed E-state index contributed by atoms with van der Waals surface area (Å²) >= 11 is 8.95. The molecule has 0 aliphatic rings. The van der Waals surface area contributed by atoms with Crippen LogP contribution in [0.4, 0.5) is 0 Å². The highest BCUT2D eigenvalue weighted by Crippen LogP contribution is 2.35. The minimum atomic E-state index is -4.04. The predicted octanol–water partition coefficient (Wildman–Crippen LogP) is 1.00. The van der Waals surface area contributed by atoms with Crippen LogP contribution in [-0.2, 0) is 14.8 Å². The maximum absolute atomic E-state index is 11.4. The SMILES string of the molecule is CC(Oc1c(Cl)cc(Br)cc1S(N)(=O)=O)C(N)=O. The zero-order chi connectivity index (χ0) is 14.1. The molecular weight excluding hydrogens is 348 g/mol. The number of nitrogens with two attached hydrogens (primary N) is 2. The second-order valence-electron chi connectivity index (χ2n) is 3.42. The largest absolute Gasteiger partial charge is 0.478 e. The molecule has 0 spiro atoms. The summed E-state index contributed by atoms with van der Waals surface area (Å²) in [6.45, 7) is 1.37. The van der Waals surface area contributed by atoms with Crippen molar-refractivity contribution < 1.29 is 17.9 Å². The van der Waals surface area contributed by atoms with Gasteiger partial charge in [0.2, 0.25) is 10.0 Å². The molecule has 1 unspecified atom stereocenters. The van der Waals surface area contributed by atoms with Crippen LogP contribution in [0.2, 0.25) is 5.02 Å². The van der Waals surface area contributed by atoms with Crippen LogP contribution >= 0.6 is 27.5 Å². The summed E-state index contributed by atoms with van der Waals surface area (Å²) in [7, 11) is -4.04. The maximum Gasteiger partial charge on any atom is 0.258 e. The van der Waals surface area contributed by atoms with Gasteiger partial charge in [-0.25, -0.2) is 13.6 Å². The van der Waals surface area contributed by atoms with Crippen molar-refractivity contribution in [1.29, 1.82) is 0 Å². The van der Waals surface area contributed by atoms with E-state index in [9.17, 15) is 13.2 Å². The zero-order valence-corrected chi connectivity index (χ0v) is 12.3. The van der Waals surface area contributed by atoms with Gasteiger partial charge in [-0.05, 0) is 19.1 Å². The van der Waals surface area contributed by atoms with Gasteiger partial charge in [-0.2, -0.15) is 0 Å². The lowest BCUT2D eigenvalue weighted by Crippen LogP contribution is -2.31. The van der Waals surface area contributed by atoms with E-state index >= 15 is 0 Å². The van der Waals surface area contributed by atoms with Crippen LogP contribution < -0.4 is 15.6 Å². The molecule has 1 amide bonds. The molecule has 0 aromatic heterocycles. The van der Waals surface area contributed by atoms with Crippen molar-refractivity contribution in [3.05, 3.63) is 21.6 Å². The Kier molecular flexibility index (Phi) is 4.60. The Hall–Kier alpha value is -0.830. The molecule has 0 saturated heterocycles. The molecule has 0 bridgehead atoms. The first-order valence-electron chi connectivity index (χ1n) is 4.60. The van der Waals surface area contributed by atoms with Crippen molar-refractivity contribution in [3.8, 4) is 5.75 Å². The Balaban J connectivity index is 3.38. The minimum absolute atomic E-state index is 0.00139. The van der Waals surface area contributed by atoms with E-state index in [1.165, 1.54) is 19.1 Å². The third-order valence-electron chi connectivity index (χ3n) is 1.98. The quantitative estimate of drug-likeness (QED) is 0.837. The predicted molar refractivity (Wildman–Crippen MR) is 69.8 cm³/mol. The lowest BCUT2D eigenvalue weighted by molar-refractivity contribution is -0.124. The number of benzene rings is 1. The molecule has 1 rings (SSSR count). The van der Waals surface area contributed by atoms with E-state index in [1.807, 2.05) is 0 Å². The Morgan fingerprint density at radius 1 is 1.50 bits per heavy atom. The molecule has 1 aromatic carbocycles. The first-order chi connectivity index (χ1) is 8.12. The van der Waals surface area contributed by atoms with E-state index in [1.54, 1.807) is 0 Å². The van der Waals surface area contributed by atoms with Gasteiger partial charge in [0.15, 0.2) is 11.9 Å². The molecule has 0 radical (unpaired) electrons. The highest BCUT2D eigenvalue weighted by molar-refractivity contribution is 9.10. The van der Waals surface area contributed by atoms with Crippen LogP contribution in [0.15, 0.2) is 21.5 Å². The number of primary amides is 1. The molecular formula is C9H10BrClN2O4S. The van der Waals surface area contributed by atoms with Gasteiger partial charge in [0.1, 0.15) is 4.90 Å². The lowest BCUT2D eigenvalue weighted by atomic mass is 10.3. The Morgan fingerprint density at radius 3 is 2.50 bits per heavy atom. The summed E-state index contributed by atoms with van der Waals surface area (Å²) in [5, 5.41) is 5.05. The monoisotopic (exact) mass is 356 g/mol. The van der Waals surface area contributed by atoms with Gasteiger partial charge in [-0.1, -0.05) is 27.5 Å². The number of sulfonamides is 1. The third kappa shape index (κ3) is 3.58. The molecule has 1 atom stereocenters. The molecule has 6 nitrogen and oxygen atoms in total. The van der Waals surface area contributed by atoms with Gasteiger partial charge in [-0.15, -0.1) is 0 Å². The zero-order valence-electron chi connectivity index (χ0n) is 9.18. The number of primary sulfonamides is 1. The van der Waals surface area contributed by atoms with Crippen molar-refractivity contribution in [1.82, 2.24) is 0 Å². The number of amides is 1. The Morgan fingerprint density at radius 2 is 2.06 bits per heavy atom. The van der Waals surface area contributed by atoms with Crippen molar-refractivity contribution in [3.63, 3.8) is 0 Å². The fourth-order valence-electron chi connectivity index (χ4n) is 1.10. The molecule has 1 aromatic rings. The van der Waals surface area contributed by atoms with Gasteiger partial charge < -0.3 is 10.5 Å². The molecule has 4 N–H and O–H groups in total. The van der Waals surface area contributed by atoms with E-state index in [-0.39, 0.29) is 15.7 Å².